The van der Waals surface area contributed by atoms with E-state index in [9.17, 15) is 5.11 Å². The predicted octanol–water partition coefficient (Wildman–Crippen LogP) is 4.60. The van der Waals surface area contributed by atoms with Gasteiger partial charge in [0.15, 0.2) is 0 Å². The Bertz CT molecular complexity index is 1010. The van der Waals surface area contributed by atoms with Crippen molar-refractivity contribution < 1.29 is 5.11 Å². The number of anilines is 1. The van der Waals surface area contributed by atoms with Gasteiger partial charge in [0.25, 0.3) is 0 Å². The van der Waals surface area contributed by atoms with Crippen molar-refractivity contribution in [3.8, 4) is 17.0 Å². The molecule has 0 radical (unpaired) electrons. The molecule has 1 aliphatic heterocycles. The molecule has 3 aromatic rings. The van der Waals surface area contributed by atoms with E-state index >= 15 is 0 Å². The minimum absolute atomic E-state index is 0.272. The van der Waals surface area contributed by atoms with E-state index in [0.717, 1.165) is 48.8 Å². The fourth-order valence-electron chi connectivity index (χ4n) is 3.90. The average molecular weight is 403 g/mol. The Labute approximate surface area is 179 Å². The van der Waals surface area contributed by atoms with Crippen LogP contribution in [-0.2, 0) is 19.5 Å². The van der Waals surface area contributed by atoms with Crippen molar-refractivity contribution in [3.63, 3.8) is 0 Å². The molecule has 2 heterocycles. The summed E-state index contributed by atoms with van der Waals surface area (Å²) in [5.74, 6) is 1.44. The van der Waals surface area contributed by atoms with Gasteiger partial charge in [-0.2, -0.15) is 0 Å². The third-order valence-electron chi connectivity index (χ3n) is 5.67. The van der Waals surface area contributed by atoms with Crippen molar-refractivity contribution in [2.75, 3.05) is 25.5 Å². The molecule has 1 aromatic heterocycles. The molecule has 0 atom stereocenters. The third kappa shape index (κ3) is 4.31. The molecule has 0 saturated carbocycles. The maximum atomic E-state index is 9.70. The zero-order valence-electron chi connectivity index (χ0n) is 18.3. The zero-order valence-corrected chi connectivity index (χ0v) is 18.3. The van der Waals surface area contributed by atoms with Gasteiger partial charge in [0.2, 0.25) is 0 Å². The molecule has 5 heteroatoms. The number of benzene rings is 2. The second-order valence-corrected chi connectivity index (χ2v) is 8.58. The summed E-state index contributed by atoms with van der Waals surface area (Å²) < 4.78 is 0. The minimum atomic E-state index is 0.272. The normalized spacial score (nSPS) is 14.0. The molecule has 0 unspecified atom stereocenters. The van der Waals surface area contributed by atoms with Crippen LogP contribution in [0.1, 0.15) is 42.4 Å². The van der Waals surface area contributed by atoms with Crippen LogP contribution in [0.3, 0.4) is 0 Å². The van der Waals surface area contributed by atoms with Gasteiger partial charge in [-0.25, -0.2) is 9.97 Å². The number of phenolic OH excluding ortho intramolecular Hbond substituents is 1. The van der Waals surface area contributed by atoms with Gasteiger partial charge < -0.3 is 10.0 Å². The molecule has 4 rings (SSSR count). The lowest BCUT2D eigenvalue weighted by Crippen LogP contribution is -2.32. The number of aromatic nitrogens is 2. The summed E-state index contributed by atoms with van der Waals surface area (Å²) in [6.45, 7) is 7.00. The van der Waals surface area contributed by atoms with Gasteiger partial charge in [0.05, 0.1) is 11.4 Å². The van der Waals surface area contributed by atoms with E-state index in [4.69, 9.17) is 9.97 Å². The van der Waals surface area contributed by atoms with E-state index in [0.29, 0.717) is 0 Å². The molecular weight excluding hydrogens is 372 g/mol. The van der Waals surface area contributed by atoms with Gasteiger partial charge >= 0.3 is 0 Å². The molecule has 1 aliphatic rings. The molecule has 1 N–H and O–H groups in total. The summed E-state index contributed by atoms with van der Waals surface area (Å²) in [4.78, 5) is 14.4. The largest absolute Gasteiger partial charge is 0.508 e. The van der Waals surface area contributed by atoms with Gasteiger partial charge in [-0.3, -0.25) is 4.90 Å². The molecule has 0 saturated heterocycles. The molecule has 0 bridgehead atoms. The molecule has 30 heavy (non-hydrogen) atoms. The average Bonchev–Trinajstić information content (AvgIpc) is 2.74. The van der Waals surface area contributed by atoms with Crippen LogP contribution in [0.4, 0.5) is 5.69 Å². The summed E-state index contributed by atoms with van der Waals surface area (Å²) in [6, 6.07) is 16.1. The van der Waals surface area contributed by atoms with Gasteiger partial charge in [-0.15, -0.1) is 0 Å². The Hall–Kier alpha value is -2.92. The van der Waals surface area contributed by atoms with Crippen molar-refractivity contribution in [2.24, 2.45) is 0 Å². The fraction of sp³-hybridized carbons (Fsp3) is 0.360. The van der Waals surface area contributed by atoms with Crippen LogP contribution in [0.25, 0.3) is 11.3 Å². The highest BCUT2D eigenvalue weighted by atomic mass is 16.3. The molecule has 0 amide bonds. The number of fused-ring (bicyclic) bond motifs is 1. The van der Waals surface area contributed by atoms with Crippen LogP contribution >= 0.6 is 0 Å². The van der Waals surface area contributed by atoms with E-state index in [1.807, 2.05) is 12.1 Å². The fourth-order valence-corrected chi connectivity index (χ4v) is 3.90. The summed E-state index contributed by atoms with van der Waals surface area (Å²) in [6.07, 6.45) is 0.929. The lowest BCUT2D eigenvalue weighted by molar-refractivity contribution is 0.243. The van der Waals surface area contributed by atoms with Gasteiger partial charge in [-0.05, 0) is 42.0 Å². The summed E-state index contributed by atoms with van der Waals surface area (Å²) in [5, 5.41) is 9.70. The third-order valence-corrected chi connectivity index (χ3v) is 5.67. The Morgan fingerprint density at radius 1 is 1.00 bits per heavy atom. The Morgan fingerprint density at radius 3 is 2.33 bits per heavy atom. The van der Waals surface area contributed by atoms with Crippen molar-refractivity contribution in [2.45, 2.75) is 39.3 Å². The van der Waals surface area contributed by atoms with Crippen LogP contribution in [0.2, 0.25) is 0 Å². The molecule has 0 spiro atoms. The first-order valence-corrected chi connectivity index (χ1v) is 10.6. The highest BCUT2D eigenvalue weighted by Gasteiger charge is 2.24. The predicted molar refractivity (Wildman–Crippen MR) is 122 cm³/mol. The second-order valence-electron chi connectivity index (χ2n) is 8.58. The lowest BCUT2D eigenvalue weighted by atomic mass is 9.98. The molecule has 156 valence electrons. The van der Waals surface area contributed by atoms with E-state index in [-0.39, 0.29) is 11.7 Å². The van der Waals surface area contributed by atoms with Gasteiger partial charge in [-0.1, -0.05) is 26.0 Å². The van der Waals surface area contributed by atoms with Gasteiger partial charge in [0.1, 0.15) is 11.6 Å². The first kappa shape index (κ1) is 20.4. The first-order valence-electron chi connectivity index (χ1n) is 10.6. The number of nitrogens with zero attached hydrogens (tertiary/aromatic N) is 4. The Kier molecular flexibility index (Phi) is 5.73. The number of rotatable bonds is 5. The standard InChI is InChI=1S/C25H30N4O/c1-17(2)25-26-23-13-14-29(15-18-5-9-20(10-6-18)28(3)4)16-22(23)24(27-25)19-7-11-21(30)12-8-19/h5-12,17,30H,13-16H2,1-4H3. The monoisotopic (exact) mass is 402 g/mol. The molecule has 5 nitrogen and oxygen atoms in total. The van der Waals surface area contributed by atoms with Crippen LogP contribution in [0.15, 0.2) is 48.5 Å². The van der Waals surface area contributed by atoms with Crippen molar-refractivity contribution in [1.82, 2.24) is 14.9 Å². The zero-order chi connectivity index (χ0) is 21.3. The SMILES string of the molecule is CC(C)c1nc2c(c(-c3ccc(O)cc3)n1)CN(Cc1ccc(N(C)C)cc1)CC2. The minimum Gasteiger partial charge on any atom is -0.508 e. The topological polar surface area (TPSA) is 52.5 Å². The molecule has 2 aromatic carbocycles. The van der Waals surface area contributed by atoms with Crippen LogP contribution in [0, 0.1) is 0 Å². The summed E-state index contributed by atoms with van der Waals surface area (Å²) in [7, 11) is 4.12. The molecule has 0 fully saturated rings. The number of hydrogen-bond acceptors (Lipinski definition) is 5. The first-order chi connectivity index (χ1) is 14.4. The maximum Gasteiger partial charge on any atom is 0.131 e. The van der Waals surface area contributed by atoms with Crippen LogP contribution < -0.4 is 4.90 Å². The molecule has 0 aliphatic carbocycles. The van der Waals surface area contributed by atoms with Crippen LogP contribution in [0.5, 0.6) is 5.75 Å². The Morgan fingerprint density at radius 2 is 1.70 bits per heavy atom. The van der Waals surface area contributed by atoms with E-state index in [1.54, 1.807) is 12.1 Å². The highest BCUT2D eigenvalue weighted by molar-refractivity contribution is 5.65. The smallest absolute Gasteiger partial charge is 0.131 e. The number of hydrogen-bond donors (Lipinski definition) is 1. The highest BCUT2D eigenvalue weighted by Crippen LogP contribution is 2.31. The van der Waals surface area contributed by atoms with E-state index < -0.39 is 0 Å². The van der Waals surface area contributed by atoms with Crippen LogP contribution in [-0.4, -0.2) is 40.6 Å². The summed E-state index contributed by atoms with van der Waals surface area (Å²) >= 11 is 0. The lowest BCUT2D eigenvalue weighted by Gasteiger charge is -2.30. The Balaban J connectivity index is 1.63. The van der Waals surface area contributed by atoms with E-state index in [1.165, 1.54) is 16.8 Å². The van der Waals surface area contributed by atoms with Gasteiger partial charge in [0, 0.05) is 62.9 Å². The number of phenols is 1. The van der Waals surface area contributed by atoms with Crippen molar-refractivity contribution in [3.05, 3.63) is 71.2 Å². The van der Waals surface area contributed by atoms with E-state index in [2.05, 4.69) is 62.0 Å². The van der Waals surface area contributed by atoms with Crippen molar-refractivity contribution in [1.29, 1.82) is 0 Å². The maximum absolute atomic E-state index is 9.70. The summed E-state index contributed by atoms with van der Waals surface area (Å²) in [5.41, 5.74) is 6.93. The second kappa shape index (κ2) is 8.44. The molecular formula is C25H30N4O. The van der Waals surface area contributed by atoms with Crippen molar-refractivity contribution >= 4 is 5.69 Å². The quantitative estimate of drug-likeness (QED) is 0.676. The number of aromatic hydroxyl groups is 1.